The third-order valence-corrected chi connectivity index (χ3v) is 9.55. The van der Waals surface area contributed by atoms with Crippen molar-refractivity contribution in [1.82, 2.24) is 0 Å². The lowest BCUT2D eigenvalue weighted by molar-refractivity contribution is -0.101. The zero-order valence-electron chi connectivity index (χ0n) is 10.6. The van der Waals surface area contributed by atoms with Gasteiger partial charge in [0.05, 0.1) is 13.2 Å². The first-order chi connectivity index (χ1) is 8.74. The SMILES string of the molecule is CC12C(Br)C3C4CC5C(C(C6OCCO6)C1C53)C42. The van der Waals surface area contributed by atoms with Crippen molar-refractivity contribution in [3.63, 3.8) is 0 Å². The zero-order chi connectivity index (χ0) is 11.8. The molecule has 6 aliphatic carbocycles. The Morgan fingerprint density at radius 1 is 0.944 bits per heavy atom. The second kappa shape index (κ2) is 2.73. The molecule has 18 heavy (non-hydrogen) atoms. The number of halogens is 1. The molecule has 0 aromatic carbocycles. The Morgan fingerprint density at radius 2 is 1.67 bits per heavy atom. The monoisotopic (exact) mass is 310 g/mol. The summed E-state index contributed by atoms with van der Waals surface area (Å²) in [6.45, 7) is 4.22. The Labute approximate surface area is 116 Å². The Bertz CT molecular complexity index is 446. The van der Waals surface area contributed by atoms with Gasteiger partial charge in [-0.25, -0.2) is 0 Å². The van der Waals surface area contributed by atoms with E-state index in [1.54, 1.807) is 0 Å². The average molecular weight is 311 g/mol. The molecule has 3 heteroatoms. The number of alkyl halides is 1. The minimum absolute atomic E-state index is 0.145. The molecule has 98 valence electrons. The predicted octanol–water partition coefficient (Wildman–Crippen LogP) is 2.52. The van der Waals surface area contributed by atoms with E-state index in [-0.39, 0.29) is 6.29 Å². The third kappa shape index (κ3) is 0.722. The van der Waals surface area contributed by atoms with Crippen LogP contribution in [0.5, 0.6) is 0 Å². The molecule has 1 saturated heterocycles. The predicted molar refractivity (Wildman–Crippen MR) is 69.1 cm³/mol. The van der Waals surface area contributed by atoms with Gasteiger partial charge in [-0.2, -0.15) is 0 Å². The highest BCUT2D eigenvalue weighted by Gasteiger charge is 2.87. The average Bonchev–Trinajstić information content (AvgIpc) is 3.07. The summed E-state index contributed by atoms with van der Waals surface area (Å²) in [6, 6.07) is 0. The first kappa shape index (κ1) is 10.2. The fraction of sp³-hybridized carbons (Fsp3) is 1.00. The van der Waals surface area contributed by atoms with Gasteiger partial charge in [0.1, 0.15) is 0 Å². The highest BCUT2D eigenvalue weighted by molar-refractivity contribution is 9.09. The number of rotatable bonds is 1. The van der Waals surface area contributed by atoms with E-state index in [1.165, 1.54) is 6.42 Å². The van der Waals surface area contributed by atoms with Crippen molar-refractivity contribution in [2.75, 3.05) is 13.2 Å². The number of hydrogen-bond acceptors (Lipinski definition) is 2. The van der Waals surface area contributed by atoms with Crippen LogP contribution in [0.15, 0.2) is 0 Å². The Morgan fingerprint density at radius 3 is 2.39 bits per heavy atom. The van der Waals surface area contributed by atoms with Crippen molar-refractivity contribution >= 4 is 15.9 Å². The summed E-state index contributed by atoms with van der Waals surface area (Å²) in [7, 11) is 0. The summed E-state index contributed by atoms with van der Waals surface area (Å²) < 4.78 is 11.8. The summed E-state index contributed by atoms with van der Waals surface area (Å²) in [5.74, 6) is 7.64. The van der Waals surface area contributed by atoms with E-state index in [1.807, 2.05) is 0 Å². The van der Waals surface area contributed by atoms with E-state index in [4.69, 9.17) is 9.47 Å². The van der Waals surface area contributed by atoms with Gasteiger partial charge in [0.25, 0.3) is 0 Å². The third-order valence-electron chi connectivity index (χ3n) is 7.95. The van der Waals surface area contributed by atoms with Crippen molar-refractivity contribution in [3.8, 4) is 0 Å². The Balaban J connectivity index is 1.54. The van der Waals surface area contributed by atoms with Gasteiger partial charge in [-0.3, -0.25) is 0 Å². The molecular formula is C15H19BrO2. The molecule has 6 saturated carbocycles. The van der Waals surface area contributed by atoms with E-state index in [0.29, 0.717) is 5.41 Å². The van der Waals surface area contributed by atoms with Crippen LogP contribution in [0.3, 0.4) is 0 Å². The molecule has 6 bridgehead atoms. The van der Waals surface area contributed by atoms with Gasteiger partial charge in [-0.15, -0.1) is 0 Å². The van der Waals surface area contributed by atoms with Gasteiger partial charge in [0.15, 0.2) is 6.29 Å². The van der Waals surface area contributed by atoms with Gasteiger partial charge in [-0.1, -0.05) is 22.9 Å². The molecule has 7 aliphatic rings. The highest BCUT2D eigenvalue weighted by atomic mass is 79.9. The molecule has 0 spiro atoms. The van der Waals surface area contributed by atoms with Crippen LogP contribution in [0.4, 0.5) is 0 Å². The second-order valence-corrected chi connectivity index (χ2v) is 8.79. The van der Waals surface area contributed by atoms with E-state index < -0.39 is 0 Å². The maximum Gasteiger partial charge on any atom is 0.161 e. The maximum absolute atomic E-state index is 5.92. The second-order valence-electron chi connectivity index (χ2n) is 7.80. The van der Waals surface area contributed by atoms with Crippen LogP contribution in [0.2, 0.25) is 0 Å². The summed E-state index contributed by atoms with van der Waals surface area (Å²) in [6.07, 6.45) is 1.68. The first-order valence-corrected chi connectivity index (χ1v) is 8.53. The van der Waals surface area contributed by atoms with Gasteiger partial charge < -0.3 is 9.47 Å². The van der Waals surface area contributed by atoms with Crippen molar-refractivity contribution in [3.05, 3.63) is 0 Å². The zero-order valence-corrected chi connectivity index (χ0v) is 12.2. The van der Waals surface area contributed by atoms with Crippen LogP contribution in [-0.2, 0) is 9.47 Å². The van der Waals surface area contributed by atoms with E-state index >= 15 is 0 Å². The maximum atomic E-state index is 5.92. The molecule has 0 N–H and O–H groups in total. The van der Waals surface area contributed by atoms with E-state index in [2.05, 4.69) is 22.9 Å². The fourth-order valence-corrected chi connectivity index (χ4v) is 9.50. The topological polar surface area (TPSA) is 18.5 Å². The molecule has 0 radical (unpaired) electrons. The lowest BCUT2D eigenvalue weighted by atomic mass is 9.64. The Hall–Kier alpha value is 0.400. The van der Waals surface area contributed by atoms with Crippen LogP contribution < -0.4 is 0 Å². The largest absolute Gasteiger partial charge is 0.350 e. The molecular weight excluding hydrogens is 292 g/mol. The molecule has 2 nitrogen and oxygen atoms in total. The summed E-state index contributed by atoms with van der Waals surface area (Å²) in [4.78, 5) is 0.788. The summed E-state index contributed by atoms with van der Waals surface area (Å²) in [5, 5.41) is 0. The van der Waals surface area contributed by atoms with Crippen LogP contribution in [0.1, 0.15) is 13.3 Å². The van der Waals surface area contributed by atoms with Crippen LogP contribution in [-0.4, -0.2) is 24.3 Å². The fourth-order valence-electron chi connectivity index (χ4n) is 8.15. The highest BCUT2D eigenvalue weighted by Crippen LogP contribution is 2.89. The number of ether oxygens (including phenoxy) is 2. The molecule has 1 aliphatic heterocycles. The van der Waals surface area contributed by atoms with Gasteiger partial charge in [-0.05, 0) is 53.3 Å². The van der Waals surface area contributed by atoms with Crippen molar-refractivity contribution in [2.45, 2.75) is 24.5 Å². The lowest BCUT2D eigenvalue weighted by Crippen LogP contribution is -2.37. The van der Waals surface area contributed by atoms with Crippen molar-refractivity contribution < 1.29 is 9.47 Å². The van der Waals surface area contributed by atoms with Crippen LogP contribution >= 0.6 is 15.9 Å². The summed E-state index contributed by atoms with van der Waals surface area (Å²) >= 11 is 4.10. The van der Waals surface area contributed by atoms with Gasteiger partial charge in [0, 0.05) is 10.7 Å². The normalized spacial score (nSPS) is 74.7. The quantitative estimate of drug-likeness (QED) is 0.693. The molecule has 7 rings (SSSR count). The Kier molecular flexibility index (Phi) is 1.54. The molecule has 10 unspecified atom stereocenters. The molecule has 0 aromatic heterocycles. The molecule has 10 atom stereocenters. The standard InChI is InChI=1S/C15H19BrO2/c1-15-11-6-4-5-7(9(6)13(15)16)12(15)10(8(5)11)14-17-2-3-18-14/h5-14H,2-4H2,1H3. The molecule has 1 heterocycles. The molecule has 0 aromatic rings. The number of hydrogen-bond donors (Lipinski definition) is 0. The lowest BCUT2D eigenvalue weighted by Gasteiger charge is -2.40. The van der Waals surface area contributed by atoms with Crippen LogP contribution in [0, 0.1) is 52.8 Å². The smallest absolute Gasteiger partial charge is 0.161 e. The van der Waals surface area contributed by atoms with Gasteiger partial charge >= 0.3 is 0 Å². The van der Waals surface area contributed by atoms with E-state index in [9.17, 15) is 0 Å². The first-order valence-electron chi connectivity index (χ1n) is 7.62. The minimum atomic E-state index is 0.145. The van der Waals surface area contributed by atoms with Gasteiger partial charge in [0.2, 0.25) is 0 Å². The van der Waals surface area contributed by atoms with Crippen LogP contribution in [0.25, 0.3) is 0 Å². The van der Waals surface area contributed by atoms with Crippen molar-refractivity contribution in [2.24, 2.45) is 52.8 Å². The minimum Gasteiger partial charge on any atom is -0.350 e. The summed E-state index contributed by atoms with van der Waals surface area (Å²) in [5.41, 5.74) is 0.567. The molecule has 0 amide bonds. The van der Waals surface area contributed by atoms with E-state index in [0.717, 1.165) is 65.4 Å². The van der Waals surface area contributed by atoms with Crippen molar-refractivity contribution in [1.29, 1.82) is 0 Å². The molecule has 7 fully saturated rings.